The maximum absolute atomic E-state index is 11.7. The molecule has 2 rings (SSSR count). The first-order valence-corrected chi connectivity index (χ1v) is 6.36. The smallest absolute Gasteiger partial charge is 0.347 e. The van der Waals surface area contributed by atoms with Crippen LogP contribution in [-0.4, -0.2) is 15.6 Å². The van der Waals surface area contributed by atoms with Gasteiger partial charge in [0.2, 0.25) is 0 Å². The lowest BCUT2D eigenvalue weighted by atomic mass is 10.2. The number of aromatic nitrogens is 1. The number of rotatable bonds is 3. The SMILES string of the molecule is Cc1c(C(=O)O)sc(=O)n1Cc1cccc(Cl)c1. The number of carboxylic acid groups (broad SMARTS) is 1. The third kappa shape index (κ3) is 2.47. The Kier molecular flexibility index (Phi) is 3.54. The molecule has 94 valence electrons. The highest BCUT2D eigenvalue weighted by Crippen LogP contribution is 2.15. The first kappa shape index (κ1) is 12.9. The molecule has 1 aromatic heterocycles. The first-order valence-electron chi connectivity index (χ1n) is 5.17. The molecule has 1 aromatic carbocycles. The molecule has 0 radical (unpaired) electrons. The fourth-order valence-corrected chi connectivity index (χ4v) is 2.72. The Morgan fingerprint density at radius 1 is 1.50 bits per heavy atom. The van der Waals surface area contributed by atoms with Crippen LogP contribution in [0.15, 0.2) is 29.1 Å². The number of hydrogen-bond donors (Lipinski definition) is 1. The molecule has 0 saturated carbocycles. The molecule has 0 fully saturated rings. The molecule has 0 aliphatic heterocycles. The number of carbonyl (C=O) groups is 1. The van der Waals surface area contributed by atoms with Crippen molar-refractivity contribution in [2.75, 3.05) is 0 Å². The monoisotopic (exact) mass is 283 g/mol. The number of benzene rings is 1. The Morgan fingerprint density at radius 3 is 2.78 bits per heavy atom. The van der Waals surface area contributed by atoms with E-state index in [4.69, 9.17) is 16.7 Å². The maximum Gasteiger partial charge on any atom is 0.347 e. The van der Waals surface area contributed by atoms with Gasteiger partial charge in [0, 0.05) is 10.7 Å². The number of nitrogens with zero attached hydrogens (tertiary/aromatic N) is 1. The molecule has 4 nitrogen and oxygen atoms in total. The van der Waals surface area contributed by atoms with E-state index in [2.05, 4.69) is 0 Å². The Morgan fingerprint density at radius 2 is 2.22 bits per heavy atom. The molecule has 2 aromatic rings. The van der Waals surface area contributed by atoms with Crippen LogP contribution in [0.2, 0.25) is 5.02 Å². The van der Waals surface area contributed by atoms with Gasteiger partial charge in [-0.1, -0.05) is 35.1 Å². The van der Waals surface area contributed by atoms with Crippen LogP contribution in [-0.2, 0) is 6.54 Å². The molecule has 18 heavy (non-hydrogen) atoms. The van der Waals surface area contributed by atoms with Crippen LogP contribution >= 0.6 is 22.9 Å². The van der Waals surface area contributed by atoms with Crippen molar-refractivity contribution in [3.05, 3.63) is 55.1 Å². The van der Waals surface area contributed by atoms with Gasteiger partial charge in [-0.3, -0.25) is 9.36 Å². The third-order valence-electron chi connectivity index (χ3n) is 2.57. The first-order chi connectivity index (χ1) is 8.49. The molecule has 0 atom stereocenters. The van der Waals surface area contributed by atoms with E-state index in [9.17, 15) is 9.59 Å². The van der Waals surface area contributed by atoms with Crippen molar-refractivity contribution in [2.45, 2.75) is 13.5 Å². The largest absolute Gasteiger partial charge is 0.477 e. The summed E-state index contributed by atoms with van der Waals surface area (Å²) in [4.78, 5) is 22.5. The van der Waals surface area contributed by atoms with Crippen LogP contribution in [0.3, 0.4) is 0 Å². The van der Waals surface area contributed by atoms with Crippen LogP contribution in [0.1, 0.15) is 20.9 Å². The zero-order chi connectivity index (χ0) is 13.3. The Hall–Kier alpha value is -1.59. The second-order valence-electron chi connectivity index (χ2n) is 3.80. The van der Waals surface area contributed by atoms with Crippen molar-refractivity contribution in [3.8, 4) is 0 Å². The summed E-state index contributed by atoms with van der Waals surface area (Å²) in [6.45, 7) is 1.96. The molecule has 1 N–H and O–H groups in total. The number of thiazole rings is 1. The van der Waals surface area contributed by atoms with Gasteiger partial charge in [0.05, 0.1) is 6.54 Å². The van der Waals surface area contributed by atoms with Gasteiger partial charge in [-0.15, -0.1) is 0 Å². The van der Waals surface area contributed by atoms with Crippen molar-refractivity contribution in [1.82, 2.24) is 4.57 Å². The van der Waals surface area contributed by atoms with Gasteiger partial charge in [0.1, 0.15) is 4.88 Å². The van der Waals surface area contributed by atoms with Gasteiger partial charge in [-0.05, 0) is 24.6 Å². The summed E-state index contributed by atoms with van der Waals surface area (Å²) in [5, 5.41) is 9.54. The van der Waals surface area contributed by atoms with Crippen molar-refractivity contribution in [1.29, 1.82) is 0 Å². The normalized spacial score (nSPS) is 10.6. The lowest BCUT2D eigenvalue weighted by molar-refractivity contribution is 0.0701. The van der Waals surface area contributed by atoms with Gasteiger partial charge in [-0.25, -0.2) is 4.79 Å². The highest BCUT2D eigenvalue weighted by Gasteiger charge is 2.16. The highest BCUT2D eigenvalue weighted by molar-refractivity contribution is 7.11. The number of halogens is 1. The number of carboxylic acids is 1. The molecule has 0 saturated heterocycles. The molecule has 0 aliphatic rings. The maximum atomic E-state index is 11.7. The zero-order valence-electron chi connectivity index (χ0n) is 9.51. The number of aromatic carboxylic acids is 1. The minimum absolute atomic E-state index is 0.0852. The molecule has 0 bridgehead atoms. The molecule has 0 aliphatic carbocycles. The van der Waals surface area contributed by atoms with Crippen molar-refractivity contribution in [3.63, 3.8) is 0 Å². The van der Waals surface area contributed by atoms with Crippen molar-refractivity contribution >= 4 is 28.9 Å². The number of hydrogen-bond acceptors (Lipinski definition) is 3. The zero-order valence-corrected chi connectivity index (χ0v) is 11.1. The quantitative estimate of drug-likeness (QED) is 0.942. The summed E-state index contributed by atoms with van der Waals surface area (Å²) in [6, 6.07) is 7.14. The fourth-order valence-electron chi connectivity index (χ4n) is 1.68. The van der Waals surface area contributed by atoms with E-state index in [0.29, 0.717) is 17.3 Å². The molecule has 0 unspecified atom stereocenters. The molecular formula is C12H10ClNO3S. The van der Waals surface area contributed by atoms with Crippen LogP contribution in [0.4, 0.5) is 0 Å². The Labute approximate surface area is 112 Å². The molecule has 0 spiro atoms. The standard InChI is InChI=1S/C12H10ClNO3S/c1-7-10(11(15)16)18-12(17)14(7)6-8-3-2-4-9(13)5-8/h2-5H,6H2,1H3,(H,15,16). The molecule has 0 amide bonds. The van der Waals surface area contributed by atoms with Gasteiger partial charge in [0.25, 0.3) is 0 Å². The molecule has 1 heterocycles. The predicted octanol–water partition coefficient (Wildman–Crippen LogP) is 2.62. The van der Waals surface area contributed by atoms with E-state index in [-0.39, 0.29) is 9.75 Å². The topological polar surface area (TPSA) is 59.3 Å². The average Bonchev–Trinajstić information content (AvgIpc) is 2.57. The highest BCUT2D eigenvalue weighted by atomic mass is 35.5. The van der Waals surface area contributed by atoms with Crippen LogP contribution in [0, 0.1) is 6.92 Å². The van der Waals surface area contributed by atoms with Gasteiger partial charge < -0.3 is 5.11 Å². The predicted molar refractivity (Wildman–Crippen MR) is 70.8 cm³/mol. The van der Waals surface area contributed by atoms with Crippen LogP contribution in [0.25, 0.3) is 0 Å². The summed E-state index contributed by atoms with van der Waals surface area (Å²) < 4.78 is 1.44. The molecular weight excluding hydrogens is 274 g/mol. The second-order valence-corrected chi connectivity index (χ2v) is 5.20. The lowest BCUT2D eigenvalue weighted by Gasteiger charge is -2.05. The minimum Gasteiger partial charge on any atom is -0.477 e. The average molecular weight is 284 g/mol. The lowest BCUT2D eigenvalue weighted by Crippen LogP contribution is -2.15. The van der Waals surface area contributed by atoms with Gasteiger partial charge in [0.15, 0.2) is 0 Å². The van der Waals surface area contributed by atoms with Crippen LogP contribution in [0.5, 0.6) is 0 Å². The van der Waals surface area contributed by atoms with E-state index in [0.717, 1.165) is 16.9 Å². The van der Waals surface area contributed by atoms with Gasteiger partial charge >= 0.3 is 10.8 Å². The summed E-state index contributed by atoms with van der Waals surface area (Å²) >= 11 is 6.61. The third-order valence-corrected chi connectivity index (χ3v) is 3.87. The van der Waals surface area contributed by atoms with E-state index in [1.807, 2.05) is 6.07 Å². The fraction of sp³-hybridized carbons (Fsp3) is 0.167. The van der Waals surface area contributed by atoms with Gasteiger partial charge in [-0.2, -0.15) is 0 Å². The Balaban J connectivity index is 2.41. The van der Waals surface area contributed by atoms with Crippen LogP contribution < -0.4 is 4.87 Å². The summed E-state index contributed by atoms with van der Waals surface area (Å²) in [7, 11) is 0. The van der Waals surface area contributed by atoms with E-state index in [1.54, 1.807) is 25.1 Å². The Bertz CT molecular complexity index is 660. The van der Waals surface area contributed by atoms with Crippen molar-refractivity contribution < 1.29 is 9.90 Å². The summed E-state index contributed by atoms with van der Waals surface area (Å²) in [5.41, 5.74) is 1.33. The van der Waals surface area contributed by atoms with E-state index >= 15 is 0 Å². The second kappa shape index (κ2) is 4.96. The summed E-state index contributed by atoms with van der Waals surface area (Å²) in [6.07, 6.45) is 0. The van der Waals surface area contributed by atoms with E-state index in [1.165, 1.54) is 4.57 Å². The minimum atomic E-state index is -1.07. The van der Waals surface area contributed by atoms with E-state index < -0.39 is 5.97 Å². The molecule has 6 heteroatoms. The summed E-state index contributed by atoms with van der Waals surface area (Å²) in [5.74, 6) is -1.07. The van der Waals surface area contributed by atoms with Crippen molar-refractivity contribution in [2.24, 2.45) is 0 Å².